The topological polar surface area (TPSA) is 66.5 Å². The lowest BCUT2D eigenvalue weighted by Crippen LogP contribution is -2.59. The van der Waals surface area contributed by atoms with Gasteiger partial charge in [-0.25, -0.2) is 0 Å². The normalized spacial score (nSPS) is 19.4. The van der Waals surface area contributed by atoms with Crippen LogP contribution in [-0.2, 0) is 4.79 Å². The Morgan fingerprint density at radius 3 is 2.18 bits per heavy atom. The van der Waals surface area contributed by atoms with E-state index in [1.165, 1.54) is 4.90 Å². The highest BCUT2D eigenvalue weighted by atomic mass is 16.2. The molecule has 0 radical (unpaired) electrons. The number of nitrogens with one attached hydrogen (secondary N) is 1. The molecule has 1 saturated carbocycles. The van der Waals surface area contributed by atoms with Crippen LogP contribution in [-0.4, -0.2) is 34.7 Å². The van der Waals surface area contributed by atoms with E-state index in [-0.39, 0.29) is 17.7 Å². The molecule has 5 heteroatoms. The molecule has 3 amide bonds. The molecule has 116 valence electrons. The second-order valence-corrected chi connectivity index (χ2v) is 5.99. The summed E-state index contributed by atoms with van der Waals surface area (Å²) in [5.74, 6) is -0.871. The van der Waals surface area contributed by atoms with Gasteiger partial charge in [0.05, 0.1) is 11.1 Å². The monoisotopic (exact) mass is 300 g/mol. The zero-order chi connectivity index (χ0) is 15.7. The van der Waals surface area contributed by atoms with E-state index in [9.17, 15) is 14.4 Å². The molecule has 1 aromatic carbocycles. The summed E-state index contributed by atoms with van der Waals surface area (Å²) in [7, 11) is 0. The Labute approximate surface area is 129 Å². The molecule has 3 rings (SSSR count). The third-order valence-electron chi connectivity index (χ3n) is 4.61. The lowest BCUT2D eigenvalue weighted by Gasteiger charge is -2.35. The van der Waals surface area contributed by atoms with E-state index in [2.05, 4.69) is 5.32 Å². The number of benzene rings is 1. The lowest BCUT2D eigenvalue weighted by atomic mass is 9.93. The Morgan fingerprint density at radius 2 is 1.68 bits per heavy atom. The predicted molar refractivity (Wildman–Crippen MR) is 81.4 cm³/mol. The van der Waals surface area contributed by atoms with Crippen LogP contribution in [0.1, 0.15) is 59.7 Å². The standard InChI is InChI=1S/C17H20N2O3/c1-2-11-18-16(22)17(9-5-6-10-17)19-14(20)12-7-3-4-8-13(12)15(19)21/h3-4,7-8H,2,5-6,9-11H2,1H3,(H,18,22). The number of carbonyl (C=O) groups is 3. The SMILES string of the molecule is CCCNC(=O)C1(N2C(=O)c3ccccc3C2=O)CCCC1. The van der Waals surface area contributed by atoms with Gasteiger partial charge in [-0.3, -0.25) is 19.3 Å². The highest BCUT2D eigenvalue weighted by Gasteiger charge is 2.54. The molecule has 1 aromatic rings. The van der Waals surface area contributed by atoms with Crippen molar-refractivity contribution in [2.75, 3.05) is 6.54 Å². The van der Waals surface area contributed by atoms with Crippen LogP contribution >= 0.6 is 0 Å². The average molecular weight is 300 g/mol. The highest BCUT2D eigenvalue weighted by Crippen LogP contribution is 2.40. The fourth-order valence-electron chi connectivity index (χ4n) is 3.49. The zero-order valence-electron chi connectivity index (χ0n) is 12.7. The Kier molecular flexibility index (Phi) is 3.72. The van der Waals surface area contributed by atoms with Crippen molar-refractivity contribution < 1.29 is 14.4 Å². The fraction of sp³-hybridized carbons (Fsp3) is 0.471. The molecule has 0 atom stereocenters. The van der Waals surface area contributed by atoms with Gasteiger partial charge in [0.2, 0.25) is 5.91 Å². The van der Waals surface area contributed by atoms with E-state index in [1.807, 2.05) is 6.92 Å². The molecule has 5 nitrogen and oxygen atoms in total. The third-order valence-corrected chi connectivity index (χ3v) is 4.61. The number of fused-ring (bicyclic) bond motifs is 1. The molecule has 0 saturated heterocycles. The van der Waals surface area contributed by atoms with Crippen LogP contribution < -0.4 is 5.32 Å². The van der Waals surface area contributed by atoms with Crippen molar-refractivity contribution in [1.82, 2.24) is 10.2 Å². The summed E-state index contributed by atoms with van der Waals surface area (Å²) in [5, 5.41) is 2.87. The summed E-state index contributed by atoms with van der Waals surface area (Å²) >= 11 is 0. The van der Waals surface area contributed by atoms with Gasteiger partial charge >= 0.3 is 0 Å². The molecule has 1 fully saturated rings. The van der Waals surface area contributed by atoms with Crippen molar-refractivity contribution in [3.63, 3.8) is 0 Å². The van der Waals surface area contributed by atoms with Crippen molar-refractivity contribution in [3.05, 3.63) is 35.4 Å². The first-order valence-electron chi connectivity index (χ1n) is 7.88. The summed E-state index contributed by atoms with van der Waals surface area (Å²) in [6.45, 7) is 2.54. The molecule has 0 aromatic heterocycles. The first-order valence-corrected chi connectivity index (χ1v) is 7.88. The number of amides is 3. The largest absolute Gasteiger partial charge is 0.354 e. The maximum atomic E-state index is 12.7. The molecular weight excluding hydrogens is 280 g/mol. The van der Waals surface area contributed by atoms with Gasteiger partial charge in [-0.1, -0.05) is 31.9 Å². The van der Waals surface area contributed by atoms with Crippen molar-refractivity contribution in [1.29, 1.82) is 0 Å². The summed E-state index contributed by atoms with van der Waals surface area (Å²) in [6, 6.07) is 6.79. The van der Waals surface area contributed by atoms with E-state index < -0.39 is 5.54 Å². The first-order chi connectivity index (χ1) is 10.6. The number of rotatable bonds is 4. The van der Waals surface area contributed by atoms with Gasteiger partial charge in [0.25, 0.3) is 11.8 Å². The van der Waals surface area contributed by atoms with Gasteiger partial charge in [-0.05, 0) is 31.4 Å². The second-order valence-electron chi connectivity index (χ2n) is 5.99. The number of imide groups is 1. The maximum absolute atomic E-state index is 12.7. The van der Waals surface area contributed by atoms with E-state index >= 15 is 0 Å². The van der Waals surface area contributed by atoms with Crippen LogP contribution in [0.5, 0.6) is 0 Å². The van der Waals surface area contributed by atoms with Crippen LogP contribution in [0.3, 0.4) is 0 Å². The average Bonchev–Trinajstić information content (AvgIpc) is 3.11. The van der Waals surface area contributed by atoms with Crippen molar-refractivity contribution in [2.45, 2.75) is 44.6 Å². The Morgan fingerprint density at radius 1 is 1.14 bits per heavy atom. The van der Waals surface area contributed by atoms with Crippen LogP contribution in [0.2, 0.25) is 0 Å². The van der Waals surface area contributed by atoms with Crippen LogP contribution in [0.15, 0.2) is 24.3 Å². The molecule has 0 bridgehead atoms. The quantitative estimate of drug-likeness (QED) is 0.866. The predicted octanol–water partition coefficient (Wildman–Crippen LogP) is 2.12. The van der Waals surface area contributed by atoms with Gasteiger partial charge in [0.15, 0.2) is 0 Å². The lowest BCUT2D eigenvalue weighted by molar-refractivity contribution is -0.130. The number of carbonyl (C=O) groups excluding carboxylic acids is 3. The van der Waals surface area contributed by atoms with Crippen LogP contribution in [0.4, 0.5) is 0 Å². The van der Waals surface area contributed by atoms with E-state index in [0.29, 0.717) is 30.5 Å². The Balaban J connectivity index is 1.99. The first kappa shape index (κ1) is 14.8. The molecule has 0 unspecified atom stereocenters. The summed E-state index contributed by atoms with van der Waals surface area (Å²) in [6.07, 6.45) is 3.63. The minimum absolute atomic E-state index is 0.193. The van der Waals surface area contributed by atoms with E-state index in [0.717, 1.165) is 19.3 Å². The van der Waals surface area contributed by atoms with Gasteiger partial charge in [-0.2, -0.15) is 0 Å². The fourth-order valence-corrected chi connectivity index (χ4v) is 3.49. The third kappa shape index (κ3) is 2.03. The minimum Gasteiger partial charge on any atom is -0.354 e. The van der Waals surface area contributed by atoms with Gasteiger partial charge in [0, 0.05) is 6.54 Å². The molecule has 1 N–H and O–H groups in total. The van der Waals surface area contributed by atoms with Gasteiger partial charge in [-0.15, -0.1) is 0 Å². The van der Waals surface area contributed by atoms with E-state index in [1.54, 1.807) is 24.3 Å². The Bertz CT molecular complexity index is 598. The smallest absolute Gasteiger partial charge is 0.262 e. The van der Waals surface area contributed by atoms with Crippen molar-refractivity contribution in [3.8, 4) is 0 Å². The van der Waals surface area contributed by atoms with Crippen LogP contribution in [0.25, 0.3) is 0 Å². The zero-order valence-corrected chi connectivity index (χ0v) is 12.7. The number of nitrogens with zero attached hydrogens (tertiary/aromatic N) is 1. The maximum Gasteiger partial charge on any atom is 0.262 e. The van der Waals surface area contributed by atoms with Crippen molar-refractivity contribution in [2.24, 2.45) is 0 Å². The van der Waals surface area contributed by atoms with Gasteiger partial charge < -0.3 is 5.32 Å². The van der Waals surface area contributed by atoms with Gasteiger partial charge in [0.1, 0.15) is 5.54 Å². The molecule has 22 heavy (non-hydrogen) atoms. The molecule has 1 heterocycles. The molecule has 2 aliphatic rings. The summed E-state index contributed by atoms with van der Waals surface area (Å²) < 4.78 is 0. The Hall–Kier alpha value is -2.17. The molecule has 0 spiro atoms. The number of hydrogen-bond donors (Lipinski definition) is 1. The van der Waals surface area contributed by atoms with Crippen LogP contribution in [0, 0.1) is 0 Å². The van der Waals surface area contributed by atoms with E-state index in [4.69, 9.17) is 0 Å². The summed E-state index contributed by atoms with van der Waals surface area (Å²) in [4.78, 5) is 39.3. The molecule has 1 aliphatic carbocycles. The van der Waals surface area contributed by atoms with Crippen molar-refractivity contribution >= 4 is 17.7 Å². The second kappa shape index (κ2) is 5.55. The number of hydrogen-bond acceptors (Lipinski definition) is 3. The highest BCUT2D eigenvalue weighted by molar-refractivity contribution is 6.23. The molecule has 1 aliphatic heterocycles. The molecular formula is C17H20N2O3. The summed E-state index contributed by atoms with van der Waals surface area (Å²) in [5.41, 5.74) is -0.202. The minimum atomic E-state index is -1.01.